The van der Waals surface area contributed by atoms with Gasteiger partial charge in [-0.05, 0) is 29.6 Å². The number of aliphatic hydroxyl groups is 1. The van der Waals surface area contributed by atoms with Crippen molar-refractivity contribution < 1.29 is 24.2 Å². The van der Waals surface area contributed by atoms with Crippen LogP contribution in [0.4, 0.5) is 0 Å². The van der Waals surface area contributed by atoms with Gasteiger partial charge in [-0.2, -0.15) is 0 Å². The number of hydrogen-bond acceptors (Lipinski definition) is 6. The third kappa shape index (κ3) is 3.68. The zero-order valence-corrected chi connectivity index (χ0v) is 17.9. The van der Waals surface area contributed by atoms with Crippen LogP contribution in [0.5, 0.6) is 11.5 Å². The minimum Gasteiger partial charge on any atom is -0.507 e. The highest BCUT2D eigenvalue weighted by atomic mass is 32.1. The number of aliphatic hydroxyl groups excluding tert-OH is 1. The van der Waals surface area contributed by atoms with Gasteiger partial charge in [0.2, 0.25) is 0 Å². The van der Waals surface area contributed by atoms with Crippen LogP contribution in [-0.2, 0) is 16.1 Å². The number of likely N-dealkylation sites (tertiary alicyclic amines) is 1. The number of ether oxygens (including phenoxy) is 2. The van der Waals surface area contributed by atoms with E-state index in [0.29, 0.717) is 22.6 Å². The molecule has 0 bridgehead atoms. The highest BCUT2D eigenvalue weighted by Gasteiger charge is 2.47. The van der Waals surface area contributed by atoms with Gasteiger partial charge in [-0.25, -0.2) is 0 Å². The van der Waals surface area contributed by atoms with Crippen molar-refractivity contribution in [1.29, 1.82) is 0 Å². The molecule has 2 heterocycles. The van der Waals surface area contributed by atoms with Crippen LogP contribution >= 0.6 is 11.3 Å². The minimum absolute atomic E-state index is 0.00977. The normalized spacial score (nSPS) is 17.7. The van der Waals surface area contributed by atoms with Gasteiger partial charge in [-0.15, -0.1) is 11.3 Å². The summed E-state index contributed by atoms with van der Waals surface area (Å²) in [6.45, 7) is 0.244. The van der Waals surface area contributed by atoms with E-state index in [1.165, 1.54) is 30.5 Å². The summed E-state index contributed by atoms with van der Waals surface area (Å²) in [5, 5.41) is 13.1. The number of rotatable bonds is 6. The topological polar surface area (TPSA) is 76.1 Å². The van der Waals surface area contributed by atoms with Gasteiger partial charge in [0.1, 0.15) is 17.3 Å². The summed E-state index contributed by atoms with van der Waals surface area (Å²) in [7, 11) is 3.02. The molecule has 0 spiro atoms. The average Bonchev–Trinajstić information content (AvgIpc) is 3.41. The Morgan fingerprint density at radius 2 is 1.65 bits per heavy atom. The van der Waals surface area contributed by atoms with Crippen LogP contribution in [0.25, 0.3) is 5.76 Å². The number of carbonyl (C=O) groups is 2. The van der Waals surface area contributed by atoms with Crippen LogP contribution in [-0.4, -0.2) is 35.9 Å². The first kappa shape index (κ1) is 20.7. The van der Waals surface area contributed by atoms with Crippen LogP contribution < -0.4 is 9.47 Å². The smallest absolute Gasteiger partial charge is 0.295 e. The Labute approximate surface area is 184 Å². The van der Waals surface area contributed by atoms with Gasteiger partial charge in [-0.1, -0.05) is 36.4 Å². The van der Waals surface area contributed by atoms with Crippen molar-refractivity contribution in [2.24, 2.45) is 0 Å². The Bertz CT molecular complexity index is 1150. The molecule has 158 valence electrons. The second-order valence-corrected chi connectivity index (χ2v) is 7.98. The van der Waals surface area contributed by atoms with E-state index in [9.17, 15) is 14.7 Å². The fourth-order valence-electron chi connectivity index (χ4n) is 3.81. The third-order valence-electron chi connectivity index (χ3n) is 5.24. The van der Waals surface area contributed by atoms with Crippen LogP contribution in [0.2, 0.25) is 0 Å². The lowest BCUT2D eigenvalue weighted by Gasteiger charge is -2.26. The number of benzene rings is 2. The maximum Gasteiger partial charge on any atom is 0.295 e. The molecule has 0 saturated carbocycles. The maximum absolute atomic E-state index is 13.2. The average molecular weight is 436 g/mol. The molecule has 1 amide bonds. The van der Waals surface area contributed by atoms with E-state index in [1.807, 2.05) is 29.6 Å². The fourth-order valence-corrected chi connectivity index (χ4v) is 4.52. The molecule has 1 atom stereocenters. The fraction of sp³-hybridized carbons (Fsp3) is 0.167. The molecule has 2 aromatic carbocycles. The van der Waals surface area contributed by atoms with E-state index in [4.69, 9.17) is 9.47 Å². The first-order valence-corrected chi connectivity index (χ1v) is 10.5. The number of nitrogens with zero attached hydrogens (tertiary/aromatic N) is 1. The van der Waals surface area contributed by atoms with Crippen molar-refractivity contribution >= 4 is 28.8 Å². The second kappa shape index (κ2) is 8.65. The first-order chi connectivity index (χ1) is 15.1. The van der Waals surface area contributed by atoms with Crippen LogP contribution in [0.15, 0.2) is 71.6 Å². The lowest BCUT2D eigenvalue weighted by molar-refractivity contribution is -0.140. The van der Waals surface area contributed by atoms with E-state index in [2.05, 4.69) is 0 Å². The summed E-state index contributed by atoms with van der Waals surface area (Å²) >= 11 is 1.50. The number of methoxy groups -OCH3 is 2. The largest absolute Gasteiger partial charge is 0.507 e. The molecule has 6 nitrogen and oxygen atoms in total. The molecule has 3 aromatic rings. The minimum atomic E-state index is -0.803. The molecular formula is C24H21NO5S. The van der Waals surface area contributed by atoms with Crippen LogP contribution in [0.1, 0.15) is 22.0 Å². The lowest BCUT2D eigenvalue weighted by Crippen LogP contribution is -2.29. The number of Topliss-reactive ketones (excluding diaryl/α,β-unsaturated/α-hetero) is 1. The summed E-state index contributed by atoms with van der Waals surface area (Å²) in [5.74, 6) is -0.753. The predicted octanol–water partition coefficient (Wildman–Crippen LogP) is 4.39. The Hall–Kier alpha value is -3.58. The van der Waals surface area contributed by atoms with Crippen molar-refractivity contribution in [1.82, 2.24) is 4.90 Å². The van der Waals surface area contributed by atoms with E-state index >= 15 is 0 Å². The molecule has 0 aliphatic carbocycles. The molecule has 1 aliphatic rings. The maximum atomic E-state index is 13.2. The second-order valence-electron chi connectivity index (χ2n) is 6.95. The standard InChI is InChI=1S/C24H21NO5S/c1-29-18-11-5-3-9-16(18)21-20(22(26)17-10-4-6-12-19(17)30-2)23(27)24(28)25(21)14-15-8-7-13-31-15/h3-13,21,26H,14H2,1-2H3/b22-20+. The molecule has 1 fully saturated rings. The number of amides is 1. The van der Waals surface area contributed by atoms with E-state index in [1.54, 1.807) is 36.4 Å². The van der Waals surface area contributed by atoms with Crippen LogP contribution in [0, 0.1) is 0 Å². The summed E-state index contributed by atoms with van der Waals surface area (Å²) in [6.07, 6.45) is 0. The van der Waals surface area contributed by atoms with Crippen molar-refractivity contribution in [3.63, 3.8) is 0 Å². The number of thiophene rings is 1. The first-order valence-electron chi connectivity index (χ1n) is 9.64. The molecule has 4 rings (SSSR count). The van der Waals surface area contributed by atoms with E-state index in [-0.39, 0.29) is 17.9 Å². The Kier molecular flexibility index (Phi) is 5.77. The lowest BCUT2D eigenvalue weighted by atomic mass is 9.94. The molecular weight excluding hydrogens is 414 g/mol. The summed E-state index contributed by atoms with van der Waals surface area (Å²) in [4.78, 5) is 28.6. The molecule has 0 radical (unpaired) electrons. The van der Waals surface area contributed by atoms with Crippen molar-refractivity contribution in [3.8, 4) is 11.5 Å². The van der Waals surface area contributed by atoms with Gasteiger partial charge in [-0.3, -0.25) is 9.59 Å². The Morgan fingerprint density at radius 1 is 0.968 bits per heavy atom. The highest BCUT2D eigenvalue weighted by Crippen LogP contribution is 2.44. The van der Waals surface area contributed by atoms with Crippen LogP contribution in [0.3, 0.4) is 0 Å². The number of para-hydroxylation sites is 2. The molecule has 31 heavy (non-hydrogen) atoms. The molecule has 1 aliphatic heterocycles. The SMILES string of the molecule is COc1ccccc1/C(O)=C1\C(=O)C(=O)N(Cc2cccs2)C1c1ccccc1OC. The summed E-state index contributed by atoms with van der Waals surface area (Å²) < 4.78 is 10.9. The Morgan fingerprint density at radius 3 is 2.32 bits per heavy atom. The highest BCUT2D eigenvalue weighted by molar-refractivity contribution is 7.09. The quantitative estimate of drug-likeness (QED) is 0.353. The van der Waals surface area contributed by atoms with Crippen molar-refractivity contribution in [2.45, 2.75) is 12.6 Å². The summed E-state index contributed by atoms with van der Waals surface area (Å²) in [6, 6.07) is 17.0. The van der Waals surface area contributed by atoms with E-state index < -0.39 is 17.7 Å². The molecule has 1 saturated heterocycles. The Balaban J connectivity index is 1.94. The molecule has 1 unspecified atom stereocenters. The van der Waals surface area contributed by atoms with Gasteiger partial charge < -0.3 is 19.5 Å². The van der Waals surface area contributed by atoms with E-state index in [0.717, 1.165) is 4.88 Å². The van der Waals surface area contributed by atoms with Crippen molar-refractivity contribution in [2.75, 3.05) is 14.2 Å². The zero-order valence-electron chi connectivity index (χ0n) is 17.1. The van der Waals surface area contributed by atoms with Gasteiger partial charge in [0.25, 0.3) is 11.7 Å². The monoisotopic (exact) mass is 435 g/mol. The zero-order chi connectivity index (χ0) is 22.0. The number of ketones is 1. The predicted molar refractivity (Wildman–Crippen MR) is 118 cm³/mol. The van der Waals surface area contributed by atoms with Gasteiger partial charge in [0, 0.05) is 10.4 Å². The number of hydrogen-bond donors (Lipinski definition) is 1. The molecule has 7 heteroatoms. The van der Waals surface area contributed by atoms with Gasteiger partial charge in [0.05, 0.1) is 37.9 Å². The molecule has 1 aromatic heterocycles. The molecule has 1 N–H and O–H groups in total. The van der Waals surface area contributed by atoms with Gasteiger partial charge >= 0.3 is 0 Å². The third-order valence-corrected chi connectivity index (χ3v) is 6.10. The number of carbonyl (C=O) groups excluding carboxylic acids is 2. The van der Waals surface area contributed by atoms with Gasteiger partial charge in [0.15, 0.2) is 0 Å². The van der Waals surface area contributed by atoms with Crippen molar-refractivity contribution in [3.05, 3.63) is 87.6 Å². The summed E-state index contributed by atoms with van der Waals surface area (Å²) in [5.41, 5.74) is 0.979.